The Kier molecular flexibility index (Phi) is 4.64. The van der Waals surface area contributed by atoms with E-state index in [0.717, 1.165) is 28.3 Å². The van der Waals surface area contributed by atoms with E-state index in [1.807, 2.05) is 38.1 Å². The maximum Gasteiger partial charge on any atom is 0.243 e. The number of fused-ring (bicyclic) bond motifs is 4. The van der Waals surface area contributed by atoms with Gasteiger partial charge in [0.15, 0.2) is 0 Å². The van der Waals surface area contributed by atoms with Crippen LogP contribution in [0.25, 0.3) is 5.69 Å². The maximum absolute atomic E-state index is 13.4. The van der Waals surface area contributed by atoms with Crippen molar-refractivity contribution in [1.82, 2.24) is 8.87 Å². The Morgan fingerprint density at radius 2 is 1.81 bits per heavy atom. The van der Waals surface area contributed by atoms with Crippen LogP contribution in [0.4, 0.5) is 5.69 Å². The molecule has 2 aliphatic heterocycles. The third kappa shape index (κ3) is 3.15. The van der Waals surface area contributed by atoms with Crippen molar-refractivity contribution < 1.29 is 13.2 Å². The van der Waals surface area contributed by atoms with Gasteiger partial charge in [0.05, 0.1) is 28.9 Å². The highest BCUT2D eigenvalue weighted by Gasteiger charge is 2.44. The number of anilines is 1. The van der Waals surface area contributed by atoms with Gasteiger partial charge in [0.1, 0.15) is 5.75 Å². The first-order valence-corrected chi connectivity index (χ1v) is 12.0. The zero-order chi connectivity index (χ0) is 21.8. The minimum Gasteiger partial charge on any atom is -0.497 e. The highest BCUT2D eigenvalue weighted by Crippen LogP contribution is 2.45. The van der Waals surface area contributed by atoms with Crippen molar-refractivity contribution in [3.8, 4) is 11.4 Å². The smallest absolute Gasteiger partial charge is 0.243 e. The molecule has 7 heteroatoms. The predicted octanol–water partition coefficient (Wildman–Crippen LogP) is 4.21. The zero-order valence-corrected chi connectivity index (χ0v) is 18.9. The molecule has 6 nitrogen and oxygen atoms in total. The van der Waals surface area contributed by atoms with Crippen molar-refractivity contribution in [2.75, 3.05) is 25.5 Å². The second kappa shape index (κ2) is 7.14. The van der Waals surface area contributed by atoms with E-state index < -0.39 is 10.0 Å². The monoisotopic (exact) mass is 437 g/mol. The number of benzene rings is 2. The van der Waals surface area contributed by atoms with Crippen LogP contribution in [0.1, 0.15) is 29.7 Å². The molecule has 0 aliphatic carbocycles. The largest absolute Gasteiger partial charge is 0.497 e. The molecule has 31 heavy (non-hydrogen) atoms. The van der Waals surface area contributed by atoms with Crippen LogP contribution >= 0.6 is 0 Å². The normalized spacial score (nSPS) is 17.6. The number of aryl methyl sites for hydroxylation is 2. The molecule has 162 valence electrons. The standard InChI is InChI=1S/C24H27N3O3S/c1-17-6-9-22(18(2)15-17)31(28,29)26-13-10-24(11-14-26)23-5-4-12-27(23)21-8-7-19(30-3)16-20(21)25-24/h4-9,12,15-16,25H,10-11,13-14H2,1-3H3. The Hall–Kier alpha value is -2.77. The molecule has 0 amide bonds. The highest BCUT2D eigenvalue weighted by molar-refractivity contribution is 7.89. The van der Waals surface area contributed by atoms with Gasteiger partial charge in [-0.2, -0.15) is 4.31 Å². The minimum atomic E-state index is -3.52. The summed E-state index contributed by atoms with van der Waals surface area (Å²) in [6, 6.07) is 15.7. The summed E-state index contributed by atoms with van der Waals surface area (Å²) in [4.78, 5) is 0.407. The molecule has 2 aliphatic rings. The summed E-state index contributed by atoms with van der Waals surface area (Å²) in [5, 5.41) is 3.74. The third-order valence-electron chi connectivity index (χ3n) is 6.60. The van der Waals surface area contributed by atoms with Crippen molar-refractivity contribution >= 4 is 15.7 Å². The lowest BCUT2D eigenvalue weighted by Gasteiger charge is -2.46. The van der Waals surface area contributed by atoms with Gasteiger partial charge in [-0.25, -0.2) is 8.42 Å². The Morgan fingerprint density at radius 3 is 2.52 bits per heavy atom. The fourth-order valence-electron chi connectivity index (χ4n) is 4.97. The van der Waals surface area contributed by atoms with Gasteiger partial charge in [0.2, 0.25) is 10.0 Å². The van der Waals surface area contributed by atoms with Gasteiger partial charge in [-0.15, -0.1) is 0 Å². The van der Waals surface area contributed by atoms with E-state index in [1.54, 1.807) is 17.5 Å². The van der Waals surface area contributed by atoms with Crippen LogP contribution in [0.5, 0.6) is 5.75 Å². The van der Waals surface area contributed by atoms with Gasteiger partial charge in [0.25, 0.3) is 0 Å². The average Bonchev–Trinajstić information content (AvgIpc) is 3.25. The first-order valence-electron chi connectivity index (χ1n) is 10.6. The van der Waals surface area contributed by atoms with Gasteiger partial charge in [-0.05, 0) is 62.6 Å². The molecular weight excluding hydrogens is 410 g/mol. The van der Waals surface area contributed by atoms with E-state index in [9.17, 15) is 8.42 Å². The second-order valence-electron chi connectivity index (χ2n) is 8.53. The summed E-state index contributed by atoms with van der Waals surface area (Å²) in [5.41, 5.74) is 4.82. The van der Waals surface area contributed by atoms with Crippen LogP contribution in [0.3, 0.4) is 0 Å². The van der Waals surface area contributed by atoms with Gasteiger partial charge in [0, 0.05) is 31.0 Å². The number of aromatic nitrogens is 1. The summed E-state index contributed by atoms with van der Waals surface area (Å²) >= 11 is 0. The van der Waals surface area contributed by atoms with Crippen molar-refractivity contribution in [2.45, 2.75) is 37.1 Å². The molecule has 3 aromatic rings. The first kappa shape index (κ1) is 20.2. The van der Waals surface area contributed by atoms with Crippen LogP contribution in [0.2, 0.25) is 0 Å². The van der Waals surface area contributed by atoms with Crippen LogP contribution in [0, 0.1) is 13.8 Å². The van der Waals surface area contributed by atoms with Crippen molar-refractivity contribution in [3.63, 3.8) is 0 Å². The molecule has 1 spiro atoms. The van der Waals surface area contributed by atoms with Crippen molar-refractivity contribution in [1.29, 1.82) is 0 Å². The third-order valence-corrected chi connectivity index (χ3v) is 8.66. The molecule has 1 N–H and O–H groups in total. The molecular formula is C24H27N3O3S. The first-order chi connectivity index (χ1) is 14.8. The van der Waals surface area contributed by atoms with E-state index >= 15 is 0 Å². The zero-order valence-electron chi connectivity index (χ0n) is 18.1. The number of piperidine rings is 1. The second-order valence-corrected chi connectivity index (χ2v) is 10.4. The molecule has 0 unspecified atom stereocenters. The molecule has 1 aromatic heterocycles. The molecule has 2 aromatic carbocycles. The lowest BCUT2D eigenvalue weighted by Crippen LogP contribution is -2.51. The van der Waals surface area contributed by atoms with E-state index in [1.165, 1.54) is 5.69 Å². The van der Waals surface area contributed by atoms with Gasteiger partial charge in [-0.1, -0.05) is 17.7 Å². The van der Waals surface area contributed by atoms with Gasteiger partial charge in [-0.3, -0.25) is 0 Å². The van der Waals surface area contributed by atoms with Crippen molar-refractivity contribution in [3.05, 3.63) is 71.5 Å². The molecule has 0 radical (unpaired) electrons. The molecule has 0 atom stereocenters. The van der Waals surface area contributed by atoms with Crippen LogP contribution < -0.4 is 10.1 Å². The Bertz CT molecular complexity index is 1250. The van der Waals surface area contributed by atoms with E-state index in [2.05, 4.69) is 34.3 Å². The number of ether oxygens (including phenoxy) is 1. The predicted molar refractivity (Wildman–Crippen MR) is 122 cm³/mol. The summed E-state index contributed by atoms with van der Waals surface area (Å²) < 4.78 is 36.0. The van der Waals surface area contributed by atoms with E-state index in [0.29, 0.717) is 30.8 Å². The summed E-state index contributed by atoms with van der Waals surface area (Å²) in [6.07, 6.45) is 3.46. The SMILES string of the molecule is COc1ccc2c(c1)NC1(CCN(S(=O)(=O)c3ccc(C)cc3C)CC1)c1cccn1-2. The van der Waals surface area contributed by atoms with Crippen LogP contribution in [-0.2, 0) is 15.6 Å². The number of methoxy groups -OCH3 is 1. The van der Waals surface area contributed by atoms with E-state index in [-0.39, 0.29) is 5.54 Å². The quantitative estimate of drug-likeness (QED) is 0.667. The lowest BCUT2D eigenvalue weighted by atomic mass is 9.83. The number of sulfonamides is 1. The number of rotatable bonds is 3. The molecule has 1 saturated heterocycles. The summed E-state index contributed by atoms with van der Waals surface area (Å²) in [6.45, 7) is 4.77. The number of nitrogens with zero attached hydrogens (tertiary/aromatic N) is 2. The minimum absolute atomic E-state index is 0.308. The van der Waals surface area contributed by atoms with Crippen LogP contribution in [-0.4, -0.2) is 37.5 Å². The molecule has 5 rings (SSSR count). The fraction of sp³-hybridized carbons (Fsp3) is 0.333. The summed E-state index contributed by atoms with van der Waals surface area (Å²) in [7, 11) is -1.86. The molecule has 0 saturated carbocycles. The lowest BCUT2D eigenvalue weighted by molar-refractivity contribution is 0.247. The maximum atomic E-state index is 13.4. The number of hydrogen-bond acceptors (Lipinski definition) is 4. The topological polar surface area (TPSA) is 63.6 Å². The van der Waals surface area contributed by atoms with Gasteiger partial charge < -0.3 is 14.6 Å². The summed E-state index contributed by atoms with van der Waals surface area (Å²) in [5.74, 6) is 0.798. The molecule has 1 fully saturated rings. The van der Waals surface area contributed by atoms with E-state index in [4.69, 9.17) is 4.74 Å². The number of nitrogens with one attached hydrogen (secondary N) is 1. The Labute approximate surface area is 183 Å². The van der Waals surface area contributed by atoms with Crippen LogP contribution in [0.15, 0.2) is 59.6 Å². The molecule has 3 heterocycles. The number of hydrogen-bond donors (Lipinski definition) is 1. The van der Waals surface area contributed by atoms with Crippen molar-refractivity contribution in [2.24, 2.45) is 0 Å². The Morgan fingerprint density at radius 1 is 1.03 bits per heavy atom. The Balaban J connectivity index is 1.46. The fourth-order valence-corrected chi connectivity index (χ4v) is 6.62. The average molecular weight is 438 g/mol. The molecule has 0 bridgehead atoms. The van der Waals surface area contributed by atoms with Gasteiger partial charge >= 0.3 is 0 Å². The highest BCUT2D eigenvalue weighted by atomic mass is 32.2.